The van der Waals surface area contributed by atoms with Gasteiger partial charge in [0, 0.05) is 30.7 Å². The lowest BCUT2D eigenvalue weighted by molar-refractivity contribution is -0.121. The second kappa shape index (κ2) is 10.8. The number of fused-ring (bicyclic) bond motifs is 1. The van der Waals surface area contributed by atoms with Gasteiger partial charge in [0.25, 0.3) is 11.9 Å². The highest BCUT2D eigenvalue weighted by molar-refractivity contribution is 5.99. The van der Waals surface area contributed by atoms with Crippen molar-refractivity contribution in [1.82, 2.24) is 24.3 Å². The molecule has 2 aromatic heterocycles. The van der Waals surface area contributed by atoms with Gasteiger partial charge in [0.1, 0.15) is 18.6 Å². The predicted molar refractivity (Wildman–Crippen MR) is 144 cm³/mol. The molecule has 4 aromatic rings. The normalized spacial score (nSPS) is 13.4. The van der Waals surface area contributed by atoms with E-state index in [0.29, 0.717) is 34.0 Å². The number of carbonyl (C=O) groups excluding carboxylic acids is 1. The molecule has 4 N–H and O–H groups in total. The van der Waals surface area contributed by atoms with Crippen molar-refractivity contribution in [3.63, 3.8) is 0 Å². The lowest BCUT2D eigenvalue weighted by Crippen LogP contribution is -2.40. The number of ether oxygens (including phenoxy) is 2. The van der Waals surface area contributed by atoms with Crippen LogP contribution in [0.4, 0.5) is 15.8 Å². The molecule has 1 atom stereocenters. The molecule has 0 aliphatic carbocycles. The molecule has 1 aliphatic heterocycles. The van der Waals surface area contributed by atoms with Crippen LogP contribution in [-0.4, -0.2) is 63.0 Å². The number of halogens is 1. The minimum Gasteiger partial charge on any atom is -0.493 e. The summed E-state index contributed by atoms with van der Waals surface area (Å²) in [5.41, 5.74) is 7.15. The minimum absolute atomic E-state index is 0.0795. The Labute approximate surface area is 227 Å². The second-order valence-corrected chi connectivity index (χ2v) is 8.82. The fourth-order valence-electron chi connectivity index (χ4n) is 4.39. The van der Waals surface area contributed by atoms with Crippen molar-refractivity contribution >= 4 is 23.1 Å². The number of hydrogen-bond donors (Lipinski definition) is 3. The molecule has 0 saturated heterocycles. The molecule has 13 nitrogen and oxygen atoms in total. The summed E-state index contributed by atoms with van der Waals surface area (Å²) in [6.45, 7) is -1.16. The van der Waals surface area contributed by atoms with Crippen LogP contribution in [0.5, 0.6) is 11.5 Å². The van der Waals surface area contributed by atoms with Crippen LogP contribution in [0.15, 0.2) is 59.7 Å². The van der Waals surface area contributed by atoms with E-state index in [1.807, 2.05) is 0 Å². The van der Waals surface area contributed by atoms with Gasteiger partial charge in [-0.2, -0.15) is 0 Å². The topological polar surface area (TPSA) is 166 Å². The summed E-state index contributed by atoms with van der Waals surface area (Å²) >= 11 is 0. The molecule has 3 heterocycles. The SMILES string of the molecule is COc1cc(C(Nc2ccc(C(=N)N)cc2)c2nn(-c3ncccn3)c(=O)n2C)cc2c1OCC(=O)N2CCF. The van der Waals surface area contributed by atoms with E-state index in [1.54, 1.807) is 49.5 Å². The maximum Gasteiger partial charge on any atom is 0.353 e. The standard InChI is InChI=1S/C26H26FN9O4/c1-34-24(33-36(26(34)38)25-30-9-3-10-31-25)21(32-17-6-4-15(5-7-17)23(28)29)16-12-18-22(19(13-16)39-2)40-14-20(37)35(18)11-8-27/h3-7,9-10,12-13,21,32H,8,11,14H2,1-2H3,(H3,28,29). The Hall–Kier alpha value is -5.27. The number of amides is 1. The summed E-state index contributed by atoms with van der Waals surface area (Å²) in [5.74, 6) is 0.528. The van der Waals surface area contributed by atoms with Crippen LogP contribution in [0, 0.1) is 5.41 Å². The second-order valence-electron chi connectivity index (χ2n) is 8.82. The fourth-order valence-corrected chi connectivity index (χ4v) is 4.39. The molecule has 1 amide bonds. The van der Waals surface area contributed by atoms with Gasteiger partial charge in [-0.1, -0.05) is 0 Å². The third kappa shape index (κ3) is 4.81. The van der Waals surface area contributed by atoms with Gasteiger partial charge in [-0.05, 0) is 48.0 Å². The van der Waals surface area contributed by atoms with Crippen molar-refractivity contribution in [2.24, 2.45) is 12.8 Å². The maximum absolute atomic E-state index is 13.4. The summed E-state index contributed by atoms with van der Waals surface area (Å²) in [5, 5.41) is 15.6. The molecule has 0 spiro atoms. The van der Waals surface area contributed by atoms with Crippen molar-refractivity contribution in [1.29, 1.82) is 5.41 Å². The van der Waals surface area contributed by atoms with Crippen LogP contribution in [0.1, 0.15) is 23.0 Å². The van der Waals surface area contributed by atoms with Crippen molar-refractivity contribution < 1.29 is 18.7 Å². The van der Waals surface area contributed by atoms with Crippen molar-refractivity contribution in [3.05, 3.63) is 82.3 Å². The Morgan fingerprint density at radius 1 is 1.23 bits per heavy atom. The molecule has 0 fully saturated rings. The van der Waals surface area contributed by atoms with Gasteiger partial charge < -0.3 is 25.4 Å². The highest BCUT2D eigenvalue weighted by Crippen LogP contribution is 2.43. The number of nitrogens with two attached hydrogens (primary N) is 1. The quantitative estimate of drug-likeness (QED) is 0.208. The average Bonchev–Trinajstić information content (AvgIpc) is 3.26. The zero-order valence-electron chi connectivity index (χ0n) is 21.7. The number of benzene rings is 2. The van der Waals surface area contributed by atoms with Crippen LogP contribution >= 0.6 is 0 Å². The lowest BCUT2D eigenvalue weighted by Gasteiger charge is -2.31. The fraction of sp³-hybridized carbons (Fsp3) is 0.231. The predicted octanol–water partition coefficient (Wildman–Crippen LogP) is 1.55. The van der Waals surface area contributed by atoms with E-state index in [9.17, 15) is 14.0 Å². The Kier molecular flexibility index (Phi) is 7.14. The van der Waals surface area contributed by atoms with Gasteiger partial charge in [-0.15, -0.1) is 9.78 Å². The minimum atomic E-state index is -0.783. The van der Waals surface area contributed by atoms with Crippen LogP contribution in [0.2, 0.25) is 0 Å². The van der Waals surface area contributed by atoms with Gasteiger partial charge in [0.2, 0.25) is 0 Å². The van der Waals surface area contributed by atoms with E-state index >= 15 is 0 Å². The maximum atomic E-state index is 13.4. The van der Waals surface area contributed by atoms with Gasteiger partial charge >= 0.3 is 5.69 Å². The van der Waals surface area contributed by atoms with E-state index in [0.717, 1.165) is 4.68 Å². The molecule has 1 aliphatic rings. The average molecular weight is 548 g/mol. The number of aromatic nitrogens is 5. The summed E-state index contributed by atoms with van der Waals surface area (Å²) in [6.07, 6.45) is 3.00. The smallest absolute Gasteiger partial charge is 0.353 e. The number of nitrogens with zero attached hydrogens (tertiary/aromatic N) is 6. The summed E-state index contributed by atoms with van der Waals surface area (Å²) in [7, 11) is 3.02. The molecular weight excluding hydrogens is 521 g/mol. The van der Waals surface area contributed by atoms with Gasteiger partial charge in [-0.25, -0.2) is 19.2 Å². The molecule has 206 valence electrons. The zero-order valence-corrected chi connectivity index (χ0v) is 21.7. The van der Waals surface area contributed by atoms with Crippen molar-refractivity contribution in [2.45, 2.75) is 6.04 Å². The first-order chi connectivity index (χ1) is 19.3. The lowest BCUT2D eigenvalue weighted by atomic mass is 10.0. The highest BCUT2D eigenvalue weighted by Gasteiger charge is 2.32. The van der Waals surface area contributed by atoms with Crippen LogP contribution in [-0.2, 0) is 11.8 Å². The van der Waals surface area contributed by atoms with E-state index < -0.39 is 24.3 Å². The van der Waals surface area contributed by atoms with Crippen LogP contribution in [0.25, 0.3) is 5.95 Å². The number of nitrogen functional groups attached to an aromatic ring is 1. The molecule has 0 saturated carbocycles. The van der Waals surface area contributed by atoms with E-state index in [-0.39, 0.29) is 30.8 Å². The summed E-state index contributed by atoms with van der Waals surface area (Å²) in [6, 6.07) is 11.0. The molecule has 0 bridgehead atoms. The Morgan fingerprint density at radius 3 is 2.60 bits per heavy atom. The monoisotopic (exact) mass is 547 g/mol. The molecule has 40 heavy (non-hydrogen) atoms. The molecule has 1 unspecified atom stereocenters. The summed E-state index contributed by atoms with van der Waals surface area (Å²) < 4.78 is 27.1. The number of alkyl halides is 1. The first-order valence-electron chi connectivity index (χ1n) is 12.2. The number of hydrogen-bond acceptors (Lipinski definition) is 9. The first-order valence-corrected chi connectivity index (χ1v) is 12.2. The number of carbonyl (C=O) groups is 1. The third-order valence-electron chi connectivity index (χ3n) is 6.37. The number of anilines is 2. The third-order valence-corrected chi connectivity index (χ3v) is 6.37. The van der Waals surface area contributed by atoms with Gasteiger partial charge in [0.05, 0.1) is 19.3 Å². The largest absolute Gasteiger partial charge is 0.493 e. The van der Waals surface area contributed by atoms with Crippen molar-refractivity contribution in [3.8, 4) is 17.4 Å². The molecular formula is C26H26FN9O4. The summed E-state index contributed by atoms with van der Waals surface area (Å²) in [4.78, 5) is 35.4. The molecule has 0 radical (unpaired) electrons. The van der Waals surface area contributed by atoms with Crippen LogP contribution in [0.3, 0.4) is 0 Å². The van der Waals surface area contributed by atoms with Gasteiger partial charge in [-0.3, -0.25) is 14.8 Å². The highest BCUT2D eigenvalue weighted by atomic mass is 19.1. The number of methoxy groups -OCH3 is 1. The van der Waals surface area contributed by atoms with Crippen molar-refractivity contribution in [2.75, 3.05) is 37.2 Å². The molecule has 5 rings (SSSR count). The first kappa shape index (κ1) is 26.3. The number of nitrogens with one attached hydrogen (secondary N) is 2. The van der Waals surface area contributed by atoms with Crippen LogP contribution < -0.4 is 31.1 Å². The Bertz CT molecular complexity index is 1620. The van der Waals surface area contributed by atoms with Gasteiger partial charge in [0.15, 0.2) is 23.9 Å². The number of rotatable bonds is 9. The van der Waals surface area contributed by atoms with E-state index in [2.05, 4.69) is 20.4 Å². The Balaban J connectivity index is 1.68. The van der Waals surface area contributed by atoms with E-state index in [4.69, 9.17) is 20.6 Å². The molecule has 2 aromatic carbocycles. The van der Waals surface area contributed by atoms with E-state index in [1.165, 1.54) is 29.0 Å². The Morgan fingerprint density at radius 2 is 1.95 bits per heavy atom. The zero-order chi connectivity index (χ0) is 28.4. The molecule has 14 heteroatoms. The number of amidine groups is 1.